The average Bonchev–Trinajstić information content (AvgIpc) is 3.18. The summed E-state index contributed by atoms with van der Waals surface area (Å²) in [6.45, 7) is 10.3. The summed E-state index contributed by atoms with van der Waals surface area (Å²) in [4.78, 5) is 50.5. The normalized spacial score (nSPS) is 18.8. The quantitative estimate of drug-likeness (QED) is 0.107. The minimum Gasteiger partial charge on any atom is -0.444 e. The van der Waals surface area contributed by atoms with Gasteiger partial charge in [-0.3, -0.25) is 15.0 Å². The molecule has 1 amide bonds. The van der Waals surface area contributed by atoms with Crippen LogP contribution < -0.4 is 4.74 Å². The average molecular weight is 623 g/mol. The molecule has 0 unspecified atom stereocenters. The van der Waals surface area contributed by atoms with E-state index >= 15 is 0 Å². The number of nitro groups is 1. The van der Waals surface area contributed by atoms with Crippen LogP contribution in [0, 0.1) is 10.1 Å². The molecule has 2 aromatic rings. The van der Waals surface area contributed by atoms with Crippen molar-refractivity contribution in [2.45, 2.75) is 90.3 Å². The lowest BCUT2D eigenvalue weighted by Gasteiger charge is -2.30. The summed E-state index contributed by atoms with van der Waals surface area (Å²) >= 11 is 0. The second-order valence-corrected chi connectivity index (χ2v) is 12.3. The Morgan fingerprint density at radius 2 is 1.43 bits per heavy atom. The lowest BCUT2D eigenvalue weighted by Crippen LogP contribution is -2.45. The van der Waals surface area contributed by atoms with E-state index in [2.05, 4.69) is 0 Å². The van der Waals surface area contributed by atoms with E-state index in [-0.39, 0.29) is 30.0 Å². The summed E-state index contributed by atoms with van der Waals surface area (Å²) in [7, 11) is 0. The molecule has 3 rings (SSSR count). The van der Waals surface area contributed by atoms with Crippen molar-refractivity contribution in [2.24, 2.45) is 0 Å². The molecular formula is C30H36F2N2O10. The van der Waals surface area contributed by atoms with Gasteiger partial charge in [0.05, 0.1) is 17.5 Å². The smallest absolute Gasteiger partial charge is 0.444 e. The van der Waals surface area contributed by atoms with Crippen LogP contribution in [0.15, 0.2) is 48.5 Å². The number of carbonyl (C=O) groups is 3. The first-order valence-electron chi connectivity index (χ1n) is 13.7. The molecule has 0 aliphatic carbocycles. The van der Waals surface area contributed by atoms with Crippen molar-refractivity contribution in [3.63, 3.8) is 0 Å². The van der Waals surface area contributed by atoms with Gasteiger partial charge in [0.1, 0.15) is 17.0 Å². The van der Waals surface area contributed by atoms with Crippen LogP contribution in [0.3, 0.4) is 0 Å². The number of benzene rings is 2. The van der Waals surface area contributed by atoms with Gasteiger partial charge in [0.25, 0.3) is 11.6 Å². The van der Waals surface area contributed by atoms with Crippen molar-refractivity contribution in [1.29, 1.82) is 0 Å². The Kier molecular flexibility index (Phi) is 10.1. The lowest BCUT2D eigenvalue weighted by molar-refractivity contribution is -0.384. The Balaban J connectivity index is 1.95. The molecule has 0 radical (unpaired) electrons. The van der Waals surface area contributed by atoms with Crippen LogP contribution in [0.5, 0.6) is 5.75 Å². The summed E-state index contributed by atoms with van der Waals surface area (Å²) in [6, 6.07) is 9.03. The second-order valence-electron chi connectivity index (χ2n) is 12.3. The SMILES string of the molecule is CC(C)(C)OC(=O)O[C@H]1CN(C(=O)OC(C)(C)C)[C@H](Cc2ccc(C(C)(F)F)cc2)[C@@H]1OC(=O)Oc1ccc([N+](=O)[O-])cc1. The first kappa shape index (κ1) is 34.0. The predicted molar refractivity (Wildman–Crippen MR) is 152 cm³/mol. The monoisotopic (exact) mass is 622 g/mol. The molecule has 0 spiro atoms. The van der Waals surface area contributed by atoms with E-state index in [0.29, 0.717) is 5.56 Å². The van der Waals surface area contributed by atoms with Crippen LogP contribution in [-0.2, 0) is 31.3 Å². The molecule has 3 atom stereocenters. The summed E-state index contributed by atoms with van der Waals surface area (Å²) < 4.78 is 54.8. The van der Waals surface area contributed by atoms with E-state index in [1.165, 1.54) is 41.3 Å². The molecule has 12 nitrogen and oxygen atoms in total. The third-order valence-corrected chi connectivity index (χ3v) is 6.17. The maximum atomic E-state index is 13.8. The number of hydrogen-bond donors (Lipinski definition) is 0. The highest BCUT2D eigenvalue weighted by molar-refractivity contribution is 5.70. The van der Waals surface area contributed by atoms with Crippen molar-refractivity contribution in [3.05, 3.63) is 69.8 Å². The summed E-state index contributed by atoms with van der Waals surface area (Å²) in [5.41, 5.74) is -1.78. The molecule has 1 aliphatic heterocycles. The lowest BCUT2D eigenvalue weighted by atomic mass is 9.99. The molecular weight excluding hydrogens is 586 g/mol. The van der Waals surface area contributed by atoms with Crippen molar-refractivity contribution in [3.8, 4) is 5.75 Å². The number of halogens is 2. The third kappa shape index (κ3) is 9.78. The molecule has 0 aromatic heterocycles. The maximum Gasteiger partial charge on any atom is 0.514 e. The van der Waals surface area contributed by atoms with E-state index in [4.69, 9.17) is 23.7 Å². The molecule has 0 N–H and O–H groups in total. The second kappa shape index (κ2) is 13.0. The fourth-order valence-electron chi connectivity index (χ4n) is 4.31. The van der Waals surface area contributed by atoms with Gasteiger partial charge < -0.3 is 23.7 Å². The molecule has 44 heavy (non-hydrogen) atoms. The van der Waals surface area contributed by atoms with E-state index in [1.54, 1.807) is 41.5 Å². The number of nitro benzene ring substituents is 1. The van der Waals surface area contributed by atoms with Gasteiger partial charge in [-0.05, 0) is 65.7 Å². The van der Waals surface area contributed by atoms with Crippen LogP contribution in [0.1, 0.15) is 59.6 Å². The number of likely N-dealkylation sites (tertiary alicyclic amines) is 1. The van der Waals surface area contributed by atoms with Gasteiger partial charge in [0, 0.05) is 24.6 Å². The van der Waals surface area contributed by atoms with E-state index in [9.17, 15) is 33.3 Å². The number of rotatable bonds is 7. The van der Waals surface area contributed by atoms with Crippen molar-refractivity contribution < 1.29 is 51.8 Å². The molecule has 240 valence electrons. The van der Waals surface area contributed by atoms with Gasteiger partial charge in [-0.25, -0.2) is 23.2 Å². The Morgan fingerprint density at radius 3 is 1.93 bits per heavy atom. The number of nitrogens with zero attached hydrogens (tertiary/aromatic N) is 2. The zero-order chi connectivity index (χ0) is 33.0. The third-order valence-electron chi connectivity index (χ3n) is 6.17. The maximum absolute atomic E-state index is 13.8. The molecule has 1 saturated heterocycles. The van der Waals surface area contributed by atoms with Crippen molar-refractivity contribution in [2.75, 3.05) is 6.54 Å². The fourth-order valence-corrected chi connectivity index (χ4v) is 4.31. The number of amides is 1. The summed E-state index contributed by atoms with van der Waals surface area (Å²) in [6.07, 6.45) is -5.72. The van der Waals surface area contributed by atoms with Crippen molar-refractivity contribution >= 4 is 24.1 Å². The summed E-state index contributed by atoms with van der Waals surface area (Å²) in [5.74, 6) is -3.14. The van der Waals surface area contributed by atoms with E-state index in [0.717, 1.165) is 19.1 Å². The molecule has 1 aliphatic rings. The molecule has 14 heteroatoms. The van der Waals surface area contributed by atoms with Crippen molar-refractivity contribution in [1.82, 2.24) is 4.90 Å². The van der Waals surface area contributed by atoms with Gasteiger partial charge in [-0.15, -0.1) is 0 Å². The topological polar surface area (TPSA) is 144 Å². The van der Waals surface area contributed by atoms with E-state index < -0.39 is 58.7 Å². The van der Waals surface area contributed by atoms with Crippen LogP contribution in [0.4, 0.5) is 28.9 Å². The van der Waals surface area contributed by atoms with Gasteiger partial charge in [-0.1, -0.05) is 24.3 Å². The molecule has 0 bridgehead atoms. The highest BCUT2D eigenvalue weighted by Gasteiger charge is 2.50. The largest absolute Gasteiger partial charge is 0.514 e. The van der Waals surface area contributed by atoms with Gasteiger partial charge in [0.15, 0.2) is 12.2 Å². The summed E-state index contributed by atoms with van der Waals surface area (Å²) in [5, 5.41) is 10.9. The number of non-ortho nitro benzene ring substituents is 1. The molecule has 1 fully saturated rings. The molecule has 0 saturated carbocycles. The highest BCUT2D eigenvalue weighted by atomic mass is 19.3. The van der Waals surface area contributed by atoms with Gasteiger partial charge >= 0.3 is 18.4 Å². The highest BCUT2D eigenvalue weighted by Crippen LogP contribution is 2.32. The number of carbonyl (C=O) groups excluding carboxylic acids is 3. The van der Waals surface area contributed by atoms with E-state index in [1.807, 2.05) is 0 Å². The van der Waals surface area contributed by atoms with Crippen LogP contribution in [-0.4, -0.2) is 64.2 Å². The first-order chi connectivity index (χ1) is 20.2. The van der Waals surface area contributed by atoms with Crippen LogP contribution in [0.25, 0.3) is 0 Å². The zero-order valence-corrected chi connectivity index (χ0v) is 25.5. The molecule has 1 heterocycles. The Labute approximate surface area is 253 Å². The number of alkyl halides is 2. The number of ether oxygens (including phenoxy) is 5. The Bertz CT molecular complexity index is 1350. The Morgan fingerprint density at radius 1 is 0.864 bits per heavy atom. The zero-order valence-electron chi connectivity index (χ0n) is 25.5. The standard InChI is InChI=1S/C30H36F2N2O10/c1-28(2,3)43-25(35)33-17-23(41-27(37)44-29(4,5)6)24(22(33)16-18-8-10-19(11-9-18)30(7,31)32)42-26(36)40-21-14-12-20(13-15-21)34(38)39/h8-15,22-24H,16-17H2,1-7H3/t22-,23+,24+/m1/s1. The van der Waals surface area contributed by atoms with Crippen LogP contribution in [0.2, 0.25) is 0 Å². The van der Waals surface area contributed by atoms with Gasteiger partial charge in [0.2, 0.25) is 0 Å². The van der Waals surface area contributed by atoms with Crippen LogP contribution >= 0.6 is 0 Å². The fraction of sp³-hybridized carbons (Fsp3) is 0.500. The first-order valence-corrected chi connectivity index (χ1v) is 13.7. The minimum absolute atomic E-state index is 0.0154. The number of hydrogen-bond acceptors (Lipinski definition) is 10. The van der Waals surface area contributed by atoms with Gasteiger partial charge in [-0.2, -0.15) is 0 Å². The Hall–Kier alpha value is -4.49. The predicted octanol–water partition coefficient (Wildman–Crippen LogP) is 6.77. The molecule has 2 aromatic carbocycles. The minimum atomic E-state index is -3.08.